The van der Waals surface area contributed by atoms with Crippen molar-refractivity contribution in [3.05, 3.63) is 64.6 Å². The van der Waals surface area contributed by atoms with Gasteiger partial charge in [-0.1, -0.05) is 30.3 Å². The van der Waals surface area contributed by atoms with Gasteiger partial charge in [0.1, 0.15) is 5.69 Å². The fourth-order valence-corrected chi connectivity index (χ4v) is 4.70. The minimum absolute atomic E-state index is 0.0188. The van der Waals surface area contributed by atoms with E-state index in [1.807, 2.05) is 35.9 Å². The molecule has 0 N–H and O–H groups in total. The van der Waals surface area contributed by atoms with Crippen LogP contribution in [-0.4, -0.2) is 65.1 Å². The van der Waals surface area contributed by atoms with Crippen LogP contribution in [0.15, 0.2) is 42.1 Å². The molecule has 7 heteroatoms. The van der Waals surface area contributed by atoms with Gasteiger partial charge in [-0.3, -0.25) is 14.4 Å². The predicted molar refractivity (Wildman–Crippen MR) is 123 cm³/mol. The number of hydrogen-bond acceptors (Lipinski definition) is 6. The number of carbonyl (C=O) groups excluding carboxylic acids is 2. The SMILES string of the molecule is CCOC(=O)c1nn(C2CCN(Cc3ccccc3)CC2)c2c1CC/C(=C/N(C)C)C2=O. The number of allylic oxidation sites excluding steroid dienone is 1. The van der Waals surface area contributed by atoms with Crippen LogP contribution < -0.4 is 0 Å². The molecule has 2 heterocycles. The number of carbonyl (C=O) groups is 2. The summed E-state index contributed by atoms with van der Waals surface area (Å²) in [6.45, 7) is 4.85. The molecule has 7 nitrogen and oxygen atoms in total. The van der Waals surface area contributed by atoms with Crippen molar-refractivity contribution in [1.29, 1.82) is 0 Å². The smallest absolute Gasteiger partial charge is 0.359 e. The Morgan fingerprint density at radius 1 is 1.19 bits per heavy atom. The predicted octanol–water partition coefficient (Wildman–Crippen LogP) is 3.47. The molecular formula is C25H32N4O3. The van der Waals surface area contributed by atoms with E-state index in [0.29, 0.717) is 24.2 Å². The van der Waals surface area contributed by atoms with E-state index in [0.717, 1.165) is 43.6 Å². The number of piperidine rings is 1. The van der Waals surface area contributed by atoms with Gasteiger partial charge in [0.05, 0.1) is 12.6 Å². The van der Waals surface area contributed by atoms with Gasteiger partial charge in [-0.2, -0.15) is 5.10 Å². The second-order valence-electron chi connectivity index (χ2n) is 8.78. The van der Waals surface area contributed by atoms with Crippen LogP contribution in [0.25, 0.3) is 0 Å². The first-order valence-electron chi connectivity index (χ1n) is 11.4. The Bertz CT molecular complexity index is 1000. The molecule has 1 saturated heterocycles. The van der Waals surface area contributed by atoms with Gasteiger partial charge in [-0.25, -0.2) is 4.79 Å². The number of hydrogen-bond donors (Lipinski definition) is 0. The highest BCUT2D eigenvalue weighted by molar-refractivity contribution is 6.11. The first-order chi connectivity index (χ1) is 15.5. The van der Waals surface area contributed by atoms with E-state index in [1.165, 1.54) is 5.56 Å². The highest BCUT2D eigenvalue weighted by Crippen LogP contribution is 2.33. The first kappa shape index (κ1) is 22.3. The highest BCUT2D eigenvalue weighted by atomic mass is 16.5. The summed E-state index contributed by atoms with van der Waals surface area (Å²) < 4.78 is 7.09. The molecule has 1 aromatic heterocycles. The van der Waals surface area contributed by atoms with Crippen LogP contribution >= 0.6 is 0 Å². The molecule has 1 aliphatic carbocycles. The average Bonchev–Trinajstić information content (AvgIpc) is 3.17. The maximum atomic E-state index is 13.4. The average molecular weight is 437 g/mol. The zero-order valence-corrected chi connectivity index (χ0v) is 19.2. The maximum absolute atomic E-state index is 13.4. The molecule has 1 aliphatic heterocycles. The summed E-state index contributed by atoms with van der Waals surface area (Å²) >= 11 is 0. The topological polar surface area (TPSA) is 67.7 Å². The van der Waals surface area contributed by atoms with Gasteiger partial charge >= 0.3 is 5.97 Å². The quantitative estimate of drug-likeness (QED) is 0.510. The number of nitrogens with zero attached hydrogens (tertiary/aromatic N) is 4. The van der Waals surface area contributed by atoms with Crippen LogP contribution in [0.5, 0.6) is 0 Å². The van der Waals surface area contributed by atoms with E-state index in [4.69, 9.17) is 4.74 Å². The molecule has 2 aromatic rings. The van der Waals surface area contributed by atoms with Crippen molar-refractivity contribution in [3.63, 3.8) is 0 Å². The Labute approximate surface area is 189 Å². The number of ketones is 1. The van der Waals surface area contributed by atoms with Gasteiger partial charge < -0.3 is 9.64 Å². The number of rotatable bonds is 6. The van der Waals surface area contributed by atoms with Crippen LogP contribution in [-0.2, 0) is 17.7 Å². The van der Waals surface area contributed by atoms with Gasteiger partial charge in [0, 0.05) is 51.1 Å². The van der Waals surface area contributed by atoms with E-state index in [1.54, 1.807) is 6.92 Å². The summed E-state index contributed by atoms with van der Waals surface area (Å²) in [7, 11) is 3.83. The minimum Gasteiger partial charge on any atom is -0.461 e. The van der Waals surface area contributed by atoms with Gasteiger partial charge in [0.2, 0.25) is 5.78 Å². The first-order valence-corrected chi connectivity index (χ1v) is 11.4. The summed E-state index contributed by atoms with van der Waals surface area (Å²) in [6, 6.07) is 10.6. The molecule has 0 unspecified atom stereocenters. The van der Waals surface area contributed by atoms with Crippen LogP contribution in [0.1, 0.15) is 64.3 Å². The lowest BCUT2D eigenvalue weighted by Gasteiger charge is -2.33. The largest absolute Gasteiger partial charge is 0.461 e. The van der Waals surface area contributed by atoms with Gasteiger partial charge in [-0.05, 0) is 38.2 Å². The number of likely N-dealkylation sites (tertiary alicyclic amines) is 1. The summed E-state index contributed by atoms with van der Waals surface area (Å²) in [5, 5.41) is 4.67. The van der Waals surface area contributed by atoms with Crippen molar-refractivity contribution in [1.82, 2.24) is 19.6 Å². The summed E-state index contributed by atoms with van der Waals surface area (Å²) in [5.41, 5.74) is 3.71. The summed E-state index contributed by atoms with van der Waals surface area (Å²) in [5.74, 6) is -0.452. The second-order valence-corrected chi connectivity index (χ2v) is 8.78. The van der Waals surface area contributed by atoms with Crippen LogP contribution in [0, 0.1) is 0 Å². The van der Waals surface area contributed by atoms with Crippen LogP contribution in [0.2, 0.25) is 0 Å². The Kier molecular flexibility index (Phi) is 6.74. The van der Waals surface area contributed by atoms with E-state index in [2.05, 4.69) is 34.3 Å². The molecule has 1 aromatic carbocycles. The Balaban J connectivity index is 1.58. The van der Waals surface area contributed by atoms with Crippen molar-refractivity contribution >= 4 is 11.8 Å². The number of benzene rings is 1. The minimum atomic E-state index is -0.433. The summed E-state index contributed by atoms with van der Waals surface area (Å²) in [4.78, 5) is 30.3. The molecule has 0 spiro atoms. The second kappa shape index (κ2) is 9.69. The Hall–Kier alpha value is -2.93. The molecule has 170 valence electrons. The van der Waals surface area contributed by atoms with E-state index in [-0.39, 0.29) is 18.4 Å². The summed E-state index contributed by atoms with van der Waals surface area (Å²) in [6.07, 6.45) is 4.90. The fourth-order valence-electron chi connectivity index (χ4n) is 4.70. The third-order valence-corrected chi connectivity index (χ3v) is 6.19. The number of ether oxygens (including phenoxy) is 1. The third kappa shape index (κ3) is 4.63. The van der Waals surface area contributed by atoms with Crippen LogP contribution in [0.3, 0.4) is 0 Å². The third-order valence-electron chi connectivity index (χ3n) is 6.19. The molecule has 0 bridgehead atoms. The molecular weight excluding hydrogens is 404 g/mol. The Morgan fingerprint density at radius 3 is 2.56 bits per heavy atom. The normalized spacial score (nSPS) is 18.6. The molecule has 2 aliphatic rings. The van der Waals surface area contributed by atoms with Crippen molar-refractivity contribution in [2.45, 2.75) is 45.2 Å². The molecule has 32 heavy (non-hydrogen) atoms. The zero-order valence-electron chi connectivity index (χ0n) is 19.2. The number of Topliss-reactive ketones (excluding diaryl/α,β-unsaturated/α-hetero) is 1. The van der Waals surface area contributed by atoms with Gasteiger partial charge in [0.15, 0.2) is 5.69 Å². The number of esters is 1. The van der Waals surface area contributed by atoms with Crippen molar-refractivity contribution in [3.8, 4) is 0 Å². The van der Waals surface area contributed by atoms with E-state index < -0.39 is 5.97 Å². The van der Waals surface area contributed by atoms with E-state index in [9.17, 15) is 9.59 Å². The maximum Gasteiger partial charge on any atom is 0.359 e. The number of fused-ring (bicyclic) bond motifs is 1. The van der Waals surface area contributed by atoms with Gasteiger partial charge in [0.25, 0.3) is 0 Å². The molecule has 0 atom stereocenters. The Morgan fingerprint density at radius 2 is 1.91 bits per heavy atom. The lowest BCUT2D eigenvalue weighted by atomic mass is 9.90. The fraction of sp³-hybridized carbons (Fsp3) is 0.480. The molecule has 0 amide bonds. The molecule has 0 saturated carbocycles. The highest BCUT2D eigenvalue weighted by Gasteiger charge is 2.36. The van der Waals surface area contributed by atoms with Crippen molar-refractivity contribution in [2.75, 3.05) is 33.8 Å². The lowest BCUT2D eigenvalue weighted by Crippen LogP contribution is -2.35. The molecule has 1 fully saturated rings. The zero-order chi connectivity index (χ0) is 22.7. The monoisotopic (exact) mass is 436 g/mol. The molecule has 0 radical (unpaired) electrons. The standard InChI is InChI=1S/C25H32N4O3/c1-4-32-25(31)22-21-11-10-19(17-27(2)3)24(30)23(21)29(26-22)20-12-14-28(15-13-20)16-18-8-6-5-7-9-18/h5-9,17,20H,4,10-16H2,1-3H3/b19-17-. The number of aromatic nitrogens is 2. The van der Waals surface area contributed by atoms with Gasteiger partial charge in [-0.15, -0.1) is 0 Å². The van der Waals surface area contributed by atoms with Crippen molar-refractivity contribution < 1.29 is 14.3 Å². The van der Waals surface area contributed by atoms with Crippen LogP contribution in [0.4, 0.5) is 0 Å². The lowest BCUT2D eigenvalue weighted by molar-refractivity contribution is 0.0516. The van der Waals surface area contributed by atoms with E-state index >= 15 is 0 Å². The molecule has 4 rings (SSSR count). The van der Waals surface area contributed by atoms with Crippen molar-refractivity contribution in [2.24, 2.45) is 0 Å².